The average Bonchev–Trinajstić information content (AvgIpc) is 3.47. The molecule has 0 unspecified atom stereocenters. The predicted molar refractivity (Wildman–Crippen MR) is 112 cm³/mol. The van der Waals surface area contributed by atoms with Gasteiger partial charge in [0, 0.05) is 18.0 Å². The van der Waals surface area contributed by atoms with Crippen LogP contribution >= 0.6 is 0 Å². The molecule has 0 saturated heterocycles. The Labute approximate surface area is 183 Å². The molecule has 3 N–H and O–H groups in total. The lowest BCUT2D eigenvalue weighted by Gasteiger charge is -2.33. The number of benzene rings is 1. The van der Waals surface area contributed by atoms with E-state index in [1.54, 1.807) is 18.2 Å². The Balaban J connectivity index is 0.000000305. The van der Waals surface area contributed by atoms with Crippen LogP contribution in [-0.2, 0) is 0 Å². The molecule has 166 valence electrons. The highest BCUT2D eigenvalue weighted by molar-refractivity contribution is 5.93. The Bertz CT molecular complexity index is 1100. The maximum Gasteiger partial charge on any atom is 0.371 e. The van der Waals surface area contributed by atoms with Gasteiger partial charge in [-0.1, -0.05) is 17.9 Å². The van der Waals surface area contributed by atoms with Crippen molar-refractivity contribution in [2.24, 2.45) is 0 Å². The smallest absolute Gasteiger partial charge is 0.371 e. The summed E-state index contributed by atoms with van der Waals surface area (Å²) in [6.07, 6.45) is 6.57. The first kappa shape index (κ1) is 22.8. The summed E-state index contributed by atoms with van der Waals surface area (Å²) in [5, 5.41) is 21.8. The van der Waals surface area contributed by atoms with Crippen LogP contribution in [0.1, 0.15) is 52.2 Å². The third kappa shape index (κ3) is 6.59. The molecule has 2 aromatic heterocycles. The van der Waals surface area contributed by atoms with E-state index in [1.807, 2.05) is 0 Å². The molecular formula is C24H22FNO6. The fourth-order valence-electron chi connectivity index (χ4n) is 3.31. The van der Waals surface area contributed by atoms with Gasteiger partial charge in [-0.15, -0.1) is 0 Å². The number of hydrogen-bond acceptors (Lipinski definition) is 5. The number of amides is 1. The summed E-state index contributed by atoms with van der Waals surface area (Å²) >= 11 is 0. The molecule has 7 nitrogen and oxygen atoms in total. The number of aromatic carboxylic acids is 1. The maximum atomic E-state index is 13.2. The van der Waals surface area contributed by atoms with Crippen molar-refractivity contribution in [1.82, 2.24) is 5.32 Å². The molecule has 2 heterocycles. The third-order valence-electron chi connectivity index (χ3n) is 4.84. The molecule has 1 saturated carbocycles. The van der Waals surface area contributed by atoms with E-state index < -0.39 is 11.6 Å². The van der Waals surface area contributed by atoms with Gasteiger partial charge in [0.15, 0.2) is 0 Å². The summed E-state index contributed by atoms with van der Waals surface area (Å²) in [6, 6.07) is 10.3. The van der Waals surface area contributed by atoms with Gasteiger partial charge >= 0.3 is 5.97 Å². The van der Waals surface area contributed by atoms with E-state index in [1.165, 1.54) is 43.1 Å². The van der Waals surface area contributed by atoms with Crippen molar-refractivity contribution >= 4 is 11.9 Å². The second kappa shape index (κ2) is 10.5. The lowest BCUT2D eigenvalue weighted by Crippen LogP contribution is -2.45. The highest BCUT2D eigenvalue weighted by atomic mass is 19.1. The van der Waals surface area contributed by atoms with E-state index in [0.717, 1.165) is 12.8 Å². The molecule has 3 aromatic rings. The summed E-state index contributed by atoms with van der Waals surface area (Å²) in [6.45, 7) is 0. The largest absolute Gasteiger partial charge is 0.475 e. The van der Waals surface area contributed by atoms with Gasteiger partial charge in [0.05, 0.1) is 18.1 Å². The topological polar surface area (TPSA) is 113 Å². The van der Waals surface area contributed by atoms with Crippen LogP contribution in [0.2, 0.25) is 0 Å². The number of aliphatic hydroxyl groups is 1. The summed E-state index contributed by atoms with van der Waals surface area (Å²) < 4.78 is 22.6. The van der Waals surface area contributed by atoms with Gasteiger partial charge in [-0.25, -0.2) is 9.18 Å². The van der Waals surface area contributed by atoms with Gasteiger partial charge in [-0.2, -0.15) is 0 Å². The van der Waals surface area contributed by atoms with Gasteiger partial charge in [0.2, 0.25) is 5.76 Å². The van der Waals surface area contributed by atoms with Crippen molar-refractivity contribution in [3.05, 3.63) is 84.0 Å². The van der Waals surface area contributed by atoms with Gasteiger partial charge in [-0.05, 0) is 55.7 Å². The number of hydrogen-bond donors (Lipinski definition) is 3. The molecule has 1 fully saturated rings. The zero-order chi connectivity index (χ0) is 23.0. The molecule has 8 heteroatoms. The molecule has 1 amide bonds. The third-order valence-corrected chi connectivity index (χ3v) is 4.84. The Morgan fingerprint density at radius 1 is 1.19 bits per heavy atom. The summed E-state index contributed by atoms with van der Waals surface area (Å²) in [4.78, 5) is 22.0. The van der Waals surface area contributed by atoms with Gasteiger partial charge in [-0.3, -0.25) is 4.79 Å². The highest BCUT2D eigenvalue weighted by Gasteiger charge is 2.33. The summed E-state index contributed by atoms with van der Waals surface area (Å²) in [5.74, 6) is 4.04. The molecule has 0 radical (unpaired) electrons. The number of carboxylic acids is 1. The molecule has 32 heavy (non-hydrogen) atoms. The number of carbonyl (C=O) groups excluding carboxylic acids is 1. The number of carboxylic acid groups (broad SMARTS) is 1. The van der Waals surface area contributed by atoms with Crippen LogP contribution in [0, 0.1) is 17.7 Å². The molecule has 0 aliphatic heterocycles. The van der Waals surface area contributed by atoms with E-state index in [2.05, 4.69) is 21.6 Å². The van der Waals surface area contributed by atoms with Gasteiger partial charge in [0.1, 0.15) is 17.7 Å². The quantitative estimate of drug-likeness (QED) is 0.535. The van der Waals surface area contributed by atoms with Crippen LogP contribution in [-0.4, -0.2) is 33.7 Å². The van der Waals surface area contributed by atoms with Crippen molar-refractivity contribution in [1.29, 1.82) is 0 Å². The van der Waals surface area contributed by atoms with Crippen LogP contribution in [0.25, 0.3) is 0 Å². The Morgan fingerprint density at radius 2 is 2.03 bits per heavy atom. The summed E-state index contributed by atoms with van der Waals surface area (Å²) in [7, 11) is 0. The van der Waals surface area contributed by atoms with Crippen molar-refractivity contribution in [3.8, 4) is 11.8 Å². The van der Waals surface area contributed by atoms with Crippen molar-refractivity contribution in [2.75, 3.05) is 0 Å². The first-order valence-electron chi connectivity index (χ1n) is 9.96. The van der Waals surface area contributed by atoms with Gasteiger partial charge in [0.25, 0.3) is 5.91 Å². The molecule has 1 aromatic carbocycles. The van der Waals surface area contributed by atoms with Crippen molar-refractivity contribution in [2.45, 2.75) is 37.3 Å². The number of rotatable bonds is 3. The molecular weight excluding hydrogens is 417 g/mol. The van der Waals surface area contributed by atoms with Crippen molar-refractivity contribution in [3.63, 3.8) is 0 Å². The highest BCUT2D eigenvalue weighted by Crippen LogP contribution is 2.28. The molecule has 0 spiro atoms. The van der Waals surface area contributed by atoms with Crippen molar-refractivity contribution < 1.29 is 33.0 Å². The van der Waals surface area contributed by atoms with Crippen LogP contribution in [0.15, 0.2) is 70.1 Å². The Kier molecular flexibility index (Phi) is 7.47. The average molecular weight is 439 g/mol. The molecule has 1 aliphatic carbocycles. The van der Waals surface area contributed by atoms with E-state index in [4.69, 9.17) is 9.52 Å². The molecule has 0 bridgehead atoms. The second-order valence-electron chi connectivity index (χ2n) is 7.35. The first-order chi connectivity index (χ1) is 15.3. The minimum Gasteiger partial charge on any atom is -0.475 e. The predicted octanol–water partition coefficient (Wildman–Crippen LogP) is 3.85. The lowest BCUT2D eigenvalue weighted by atomic mass is 9.82. The fourth-order valence-corrected chi connectivity index (χ4v) is 3.31. The van der Waals surface area contributed by atoms with Crippen LogP contribution in [0.4, 0.5) is 4.39 Å². The first-order valence-corrected chi connectivity index (χ1v) is 9.96. The van der Waals surface area contributed by atoms with Crippen LogP contribution in [0.3, 0.4) is 0 Å². The monoisotopic (exact) mass is 439 g/mol. The number of carbonyl (C=O) groups is 2. The number of furan rings is 2. The molecule has 4 rings (SSSR count). The minimum absolute atomic E-state index is 0.0231. The maximum absolute atomic E-state index is 13.2. The van der Waals surface area contributed by atoms with E-state index in [9.17, 15) is 19.1 Å². The number of nitrogens with one attached hydrogen (secondary N) is 1. The molecule has 2 atom stereocenters. The van der Waals surface area contributed by atoms with Crippen LogP contribution in [0.5, 0.6) is 0 Å². The standard InChI is InChI=1S/C19H18FNO3.C5H4O3/c20-16-4-1-3-14(11-16)6-9-19(23)8-2-5-17(12-19)21-18(22)15-7-10-24-13-15;6-5(7)4-2-1-3-8-4/h1,3-4,7,10-11,13,17,23H,2,5,8,12H2,(H,21,22);1-3H,(H,6,7)/t17-,19+;/m0./s1. The van der Waals surface area contributed by atoms with E-state index in [0.29, 0.717) is 24.0 Å². The zero-order valence-electron chi connectivity index (χ0n) is 17.1. The second-order valence-corrected chi connectivity index (χ2v) is 7.35. The van der Waals surface area contributed by atoms with E-state index in [-0.39, 0.29) is 23.5 Å². The molecule has 1 aliphatic rings. The zero-order valence-corrected chi connectivity index (χ0v) is 17.1. The van der Waals surface area contributed by atoms with Crippen LogP contribution < -0.4 is 5.32 Å². The van der Waals surface area contributed by atoms with Gasteiger partial charge < -0.3 is 24.4 Å². The summed E-state index contributed by atoms with van der Waals surface area (Å²) in [5.41, 5.74) is -0.207. The lowest BCUT2D eigenvalue weighted by molar-refractivity contribution is 0.0452. The Morgan fingerprint density at radius 3 is 2.66 bits per heavy atom. The minimum atomic E-state index is -1.18. The SMILES string of the molecule is O=C(N[C@H]1CCC[C@@](O)(C#Cc2cccc(F)c2)C1)c1ccoc1.O=C(O)c1ccco1. The Hall–Kier alpha value is -3.83. The normalized spacial score (nSPS) is 19.6. The van der Waals surface area contributed by atoms with E-state index >= 15 is 0 Å². The fraction of sp³-hybridized carbons (Fsp3) is 0.250. The number of halogens is 1.